The standard InChI is InChI=1S/C14H10Cl2FN3/c1-8(15)14-19-10-7-18-6-5-11(10)20(14)12-4-2-3-9(16)13(12)17/h2-8H,1H3. The Morgan fingerprint density at radius 3 is 2.85 bits per heavy atom. The molecule has 0 N–H and O–H groups in total. The Kier molecular flexibility index (Phi) is 3.36. The molecule has 0 spiro atoms. The monoisotopic (exact) mass is 309 g/mol. The number of nitrogens with zero attached hydrogens (tertiary/aromatic N) is 3. The van der Waals surface area contributed by atoms with Crippen LogP contribution in [0.2, 0.25) is 5.02 Å². The molecule has 20 heavy (non-hydrogen) atoms. The van der Waals surface area contributed by atoms with Gasteiger partial charge in [0.05, 0.1) is 27.8 Å². The Morgan fingerprint density at radius 2 is 2.10 bits per heavy atom. The van der Waals surface area contributed by atoms with Crippen LogP contribution in [0.15, 0.2) is 36.7 Å². The van der Waals surface area contributed by atoms with Gasteiger partial charge in [-0.1, -0.05) is 17.7 Å². The van der Waals surface area contributed by atoms with Gasteiger partial charge in [-0.15, -0.1) is 11.6 Å². The summed E-state index contributed by atoms with van der Waals surface area (Å²) in [5.74, 6) is 0.0553. The first-order chi connectivity index (χ1) is 9.59. The number of imidazole rings is 1. The van der Waals surface area contributed by atoms with E-state index >= 15 is 0 Å². The summed E-state index contributed by atoms with van der Waals surface area (Å²) in [6.07, 6.45) is 3.25. The second kappa shape index (κ2) is 5.04. The van der Waals surface area contributed by atoms with Crippen molar-refractivity contribution in [3.05, 3.63) is 53.3 Å². The fourth-order valence-corrected chi connectivity index (χ4v) is 2.45. The zero-order valence-electron chi connectivity index (χ0n) is 10.5. The van der Waals surface area contributed by atoms with E-state index in [1.54, 1.807) is 42.1 Å². The molecule has 3 rings (SSSR count). The minimum absolute atomic E-state index is 0.0616. The first-order valence-corrected chi connectivity index (χ1v) is 6.82. The van der Waals surface area contributed by atoms with E-state index in [1.165, 1.54) is 6.07 Å². The maximum atomic E-state index is 14.3. The summed E-state index contributed by atoms with van der Waals surface area (Å²) in [5.41, 5.74) is 1.73. The lowest BCUT2D eigenvalue weighted by Gasteiger charge is -2.12. The SMILES string of the molecule is CC(Cl)c1nc2cnccc2n1-c1cccc(Cl)c1F. The summed E-state index contributed by atoms with van der Waals surface area (Å²) in [6, 6.07) is 6.61. The summed E-state index contributed by atoms with van der Waals surface area (Å²) in [6.45, 7) is 1.79. The topological polar surface area (TPSA) is 30.7 Å². The van der Waals surface area contributed by atoms with Crippen molar-refractivity contribution in [2.45, 2.75) is 12.3 Å². The van der Waals surface area contributed by atoms with Crippen LogP contribution in [0.3, 0.4) is 0 Å². The molecule has 0 saturated heterocycles. The molecule has 2 heterocycles. The first kappa shape index (κ1) is 13.3. The number of halogens is 3. The molecule has 0 aliphatic carbocycles. The minimum atomic E-state index is -0.496. The van der Waals surface area contributed by atoms with Crippen LogP contribution in [0.5, 0.6) is 0 Å². The summed E-state index contributed by atoms with van der Waals surface area (Å²) in [7, 11) is 0. The highest BCUT2D eigenvalue weighted by Gasteiger charge is 2.19. The van der Waals surface area contributed by atoms with E-state index in [4.69, 9.17) is 23.2 Å². The summed E-state index contributed by atoms with van der Waals surface area (Å²) < 4.78 is 16.0. The predicted octanol–water partition coefficient (Wildman–Crippen LogP) is 4.51. The van der Waals surface area contributed by atoms with Crippen molar-refractivity contribution < 1.29 is 4.39 Å². The minimum Gasteiger partial charge on any atom is -0.292 e. The predicted molar refractivity (Wildman–Crippen MR) is 78.1 cm³/mol. The van der Waals surface area contributed by atoms with E-state index in [0.29, 0.717) is 17.0 Å². The van der Waals surface area contributed by atoms with Gasteiger partial charge in [-0.25, -0.2) is 9.37 Å². The Balaban J connectivity index is 2.39. The number of aromatic nitrogens is 3. The van der Waals surface area contributed by atoms with Crippen LogP contribution >= 0.6 is 23.2 Å². The van der Waals surface area contributed by atoms with Gasteiger partial charge in [0.2, 0.25) is 0 Å². The number of fused-ring (bicyclic) bond motifs is 1. The lowest BCUT2D eigenvalue weighted by molar-refractivity contribution is 0.617. The Bertz CT molecular complexity index is 783. The highest BCUT2D eigenvalue weighted by Crippen LogP contribution is 2.30. The van der Waals surface area contributed by atoms with Crippen molar-refractivity contribution in [3.8, 4) is 5.69 Å². The molecule has 1 aromatic carbocycles. The molecule has 0 amide bonds. The molecule has 0 bridgehead atoms. The molecule has 102 valence electrons. The van der Waals surface area contributed by atoms with E-state index in [2.05, 4.69) is 9.97 Å². The van der Waals surface area contributed by atoms with Gasteiger partial charge in [-0.3, -0.25) is 9.55 Å². The maximum absolute atomic E-state index is 14.3. The van der Waals surface area contributed by atoms with Crippen molar-refractivity contribution in [2.75, 3.05) is 0 Å². The molecule has 0 saturated carbocycles. The Labute approximate surface area is 125 Å². The number of alkyl halides is 1. The first-order valence-electron chi connectivity index (χ1n) is 6.00. The van der Waals surface area contributed by atoms with Crippen LogP contribution in [0.25, 0.3) is 16.7 Å². The zero-order valence-corrected chi connectivity index (χ0v) is 12.0. The summed E-state index contributed by atoms with van der Waals surface area (Å²) in [5, 5.41) is -0.313. The van der Waals surface area contributed by atoms with Crippen LogP contribution in [0, 0.1) is 5.82 Å². The molecular weight excluding hydrogens is 300 g/mol. The van der Waals surface area contributed by atoms with Gasteiger partial charge in [0, 0.05) is 6.20 Å². The average Bonchev–Trinajstić information content (AvgIpc) is 2.81. The molecule has 2 aromatic heterocycles. The second-order valence-electron chi connectivity index (χ2n) is 4.36. The van der Waals surface area contributed by atoms with Crippen LogP contribution in [-0.2, 0) is 0 Å². The fourth-order valence-electron chi connectivity index (χ4n) is 2.14. The van der Waals surface area contributed by atoms with E-state index in [-0.39, 0.29) is 10.4 Å². The third-order valence-electron chi connectivity index (χ3n) is 3.01. The molecule has 1 unspecified atom stereocenters. The number of hydrogen-bond acceptors (Lipinski definition) is 2. The van der Waals surface area contributed by atoms with Crippen molar-refractivity contribution in [1.82, 2.24) is 14.5 Å². The third kappa shape index (κ3) is 2.05. The number of rotatable bonds is 2. The van der Waals surface area contributed by atoms with E-state index in [1.807, 2.05) is 0 Å². The Hall–Kier alpha value is -1.65. The molecule has 6 heteroatoms. The van der Waals surface area contributed by atoms with Gasteiger partial charge in [-0.2, -0.15) is 0 Å². The maximum Gasteiger partial charge on any atom is 0.165 e. The largest absolute Gasteiger partial charge is 0.292 e. The van der Waals surface area contributed by atoms with Crippen LogP contribution in [0.1, 0.15) is 18.1 Å². The van der Waals surface area contributed by atoms with E-state index in [9.17, 15) is 4.39 Å². The lowest BCUT2D eigenvalue weighted by Crippen LogP contribution is -2.04. The van der Waals surface area contributed by atoms with E-state index < -0.39 is 5.82 Å². The fraction of sp³-hybridized carbons (Fsp3) is 0.143. The van der Waals surface area contributed by atoms with Gasteiger partial charge in [0.25, 0.3) is 0 Å². The van der Waals surface area contributed by atoms with Crippen LogP contribution < -0.4 is 0 Å². The van der Waals surface area contributed by atoms with Crippen molar-refractivity contribution in [3.63, 3.8) is 0 Å². The van der Waals surface area contributed by atoms with Gasteiger partial charge < -0.3 is 0 Å². The number of benzene rings is 1. The molecule has 0 aliphatic heterocycles. The van der Waals surface area contributed by atoms with Crippen LogP contribution in [0.4, 0.5) is 4.39 Å². The molecule has 0 fully saturated rings. The normalized spacial score (nSPS) is 12.8. The van der Waals surface area contributed by atoms with E-state index in [0.717, 1.165) is 5.52 Å². The molecule has 1 atom stereocenters. The third-order valence-corrected chi connectivity index (χ3v) is 3.50. The number of pyridine rings is 1. The molecule has 3 aromatic rings. The van der Waals surface area contributed by atoms with Gasteiger partial charge in [-0.05, 0) is 25.1 Å². The molecular formula is C14H10Cl2FN3. The smallest absolute Gasteiger partial charge is 0.165 e. The van der Waals surface area contributed by atoms with Crippen molar-refractivity contribution >= 4 is 34.2 Å². The van der Waals surface area contributed by atoms with Gasteiger partial charge in [0.1, 0.15) is 11.3 Å². The molecule has 0 aliphatic rings. The lowest BCUT2D eigenvalue weighted by atomic mass is 10.2. The highest BCUT2D eigenvalue weighted by atomic mass is 35.5. The summed E-state index contributed by atoms with van der Waals surface area (Å²) >= 11 is 12.0. The Morgan fingerprint density at radius 1 is 1.30 bits per heavy atom. The second-order valence-corrected chi connectivity index (χ2v) is 5.42. The van der Waals surface area contributed by atoms with Crippen molar-refractivity contribution in [1.29, 1.82) is 0 Å². The highest BCUT2D eigenvalue weighted by molar-refractivity contribution is 6.30. The quantitative estimate of drug-likeness (QED) is 0.652. The molecule has 0 radical (unpaired) electrons. The molecule has 3 nitrogen and oxygen atoms in total. The summed E-state index contributed by atoms with van der Waals surface area (Å²) in [4.78, 5) is 8.44. The zero-order chi connectivity index (χ0) is 14.3. The average molecular weight is 310 g/mol. The van der Waals surface area contributed by atoms with Gasteiger partial charge >= 0.3 is 0 Å². The van der Waals surface area contributed by atoms with Gasteiger partial charge in [0.15, 0.2) is 5.82 Å². The van der Waals surface area contributed by atoms with Crippen LogP contribution in [-0.4, -0.2) is 14.5 Å². The number of hydrogen-bond donors (Lipinski definition) is 0. The van der Waals surface area contributed by atoms with Crippen molar-refractivity contribution in [2.24, 2.45) is 0 Å².